The van der Waals surface area contributed by atoms with E-state index in [1.165, 1.54) is 17.7 Å². The smallest absolute Gasteiger partial charge is 0.332 e. The fraction of sp³-hybridized carbons (Fsp3) is 0.333. The molecular formula is C18H20N6O3. The molecule has 1 aliphatic rings. The number of nitrogens with zero attached hydrogens (tertiary/aromatic N) is 6. The van der Waals surface area contributed by atoms with Gasteiger partial charge >= 0.3 is 5.69 Å². The molecule has 1 aliphatic heterocycles. The van der Waals surface area contributed by atoms with Gasteiger partial charge < -0.3 is 14.2 Å². The molecule has 0 atom stereocenters. The van der Waals surface area contributed by atoms with Crippen LogP contribution in [0.3, 0.4) is 0 Å². The van der Waals surface area contributed by atoms with Crippen LogP contribution >= 0.6 is 0 Å². The Balaban J connectivity index is 1.48. The van der Waals surface area contributed by atoms with Crippen molar-refractivity contribution in [3.05, 3.63) is 57.4 Å². The minimum atomic E-state index is -0.320. The van der Waals surface area contributed by atoms with Crippen molar-refractivity contribution in [1.29, 1.82) is 0 Å². The average Bonchev–Trinajstić information content (AvgIpc) is 3.24. The molecule has 27 heavy (non-hydrogen) atoms. The van der Waals surface area contributed by atoms with Gasteiger partial charge in [0.2, 0.25) is 0 Å². The molecule has 9 nitrogen and oxygen atoms in total. The first-order valence-electron chi connectivity index (χ1n) is 8.69. The highest BCUT2D eigenvalue weighted by molar-refractivity contribution is 5.53. The van der Waals surface area contributed by atoms with Gasteiger partial charge in [0.1, 0.15) is 11.5 Å². The van der Waals surface area contributed by atoms with Gasteiger partial charge in [-0.15, -0.1) is 10.2 Å². The van der Waals surface area contributed by atoms with Crippen LogP contribution in [0.2, 0.25) is 0 Å². The number of piperazine rings is 1. The lowest BCUT2D eigenvalue weighted by Gasteiger charge is -2.36. The number of aromatic nitrogens is 4. The monoisotopic (exact) mass is 368 g/mol. The first-order chi connectivity index (χ1) is 13.0. The maximum atomic E-state index is 12.1. The summed E-state index contributed by atoms with van der Waals surface area (Å²) in [6.07, 6.45) is 1.61. The second-order valence-corrected chi connectivity index (χ2v) is 6.47. The zero-order valence-electron chi connectivity index (χ0n) is 15.2. The van der Waals surface area contributed by atoms with Crippen molar-refractivity contribution < 1.29 is 4.42 Å². The fourth-order valence-corrected chi connectivity index (χ4v) is 3.24. The molecule has 0 unspecified atom stereocenters. The molecule has 0 aliphatic carbocycles. The normalized spacial score (nSPS) is 14.6. The summed E-state index contributed by atoms with van der Waals surface area (Å²) in [5.41, 5.74) is 0.0757. The topological polar surface area (TPSA) is 89.4 Å². The van der Waals surface area contributed by atoms with Gasteiger partial charge in [0, 0.05) is 46.3 Å². The summed E-state index contributed by atoms with van der Waals surface area (Å²) in [5, 5.41) is 8.53. The Hall–Kier alpha value is -3.36. The molecule has 9 heteroatoms. The lowest BCUT2D eigenvalue weighted by molar-refractivity contribution is 0.578. The molecule has 3 aromatic rings. The third-order valence-electron chi connectivity index (χ3n) is 4.85. The summed E-state index contributed by atoms with van der Waals surface area (Å²) < 4.78 is 7.94. The largest absolute Gasteiger partial charge is 0.463 e. The minimum absolute atomic E-state index is 0.296. The Bertz CT molecular complexity index is 1040. The van der Waals surface area contributed by atoms with Gasteiger partial charge in [0.05, 0.1) is 6.26 Å². The van der Waals surface area contributed by atoms with Crippen LogP contribution in [0.1, 0.15) is 0 Å². The van der Waals surface area contributed by atoms with Crippen molar-refractivity contribution in [1.82, 2.24) is 19.3 Å². The summed E-state index contributed by atoms with van der Waals surface area (Å²) in [7, 11) is 3.17. The van der Waals surface area contributed by atoms with Crippen molar-refractivity contribution in [3.8, 4) is 11.5 Å². The highest BCUT2D eigenvalue weighted by Crippen LogP contribution is 2.20. The van der Waals surface area contributed by atoms with E-state index in [0.29, 0.717) is 30.4 Å². The minimum Gasteiger partial charge on any atom is -0.463 e. The number of anilines is 2. The predicted molar refractivity (Wildman–Crippen MR) is 101 cm³/mol. The van der Waals surface area contributed by atoms with Crippen LogP contribution in [0, 0.1) is 0 Å². The van der Waals surface area contributed by atoms with Crippen LogP contribution < -0.4 is 21.0 Å². The van der Waals surface area contributed by atoms with E-state index in [-0.39, 0.29) is 11.2 Å². The molecule has 4 rings (SSSR count). The highest BCUT2D eigenvalue weighted by atomic mass is 16.3. The average molecular weight is 368 g/mol. The van der Waals surface area contributed by atoms with E-state index < -0.39 is 0 Å². The molecule has 4 heterocycles. The van der Waals surface area contributed by atoms with Crippen LogP contribution in [0.5, 0.6) is 0 Å². The summed E-state index contributed by atoms with van der Waals surface area (Å²) in [4.78, 5) is 28.3. The molecule has 0 radical (unpaired) electrons. The molecule has 0 saturated carbocycles. The Labute approximate surface area is 155 Å². The molecule has 0 N–H and O–H groups in total. The van der Waals surface area contributed by atoms with Crippen molar-refractivity contribution >= 4 is 11.6 Å². The van der Waals surface area contributed by atoms with Gasteiger partial charge in [-0.25, -0.2) is 4.79 Å². The maximum Gasteiger partial charge on any atom is 0.332 e. The van der Waals surface area contributed by atoms with Gasteiger partial charge in [-0.1, -0.05) is 0 Å². The Morgan fingerprint density at radius 2 is 1.67 bits per heavy atom. The van der Waals surface area contributed by atoms with Crippen LogP contribution in [-0.2, 0) is 14.1 Å². The molecule has 0 spiro atoms. The Morgan fingerprint density at radius 3 is 2.30 bits per heavy atom. The molecule has 0 bridgehead atoms. The molecule has 0 amide bonds. The highest BCUT2D eigenvalue weighted by Gasteiger charge is 2.21. The van der Waals surface area contributed by atoms with Crippen LogP contribution in [-0.4, -0.2) is 45.5 Å². The van der Waals surface area contributed by atoms with Gasteiger partial charge in [-0.05, 0) is 24.3 Å². The first kappa shape index (κ1) is 17.1. The molecular weight excluding hydrogens is 348 g/mol. The fourth-order valence-electron chi connectivity index (χ4n) is 3.24. The van der Waals surface area contributed by atoms with E-state index in [1.54, 1.807) is 13.3 Å². The quantitative estimate of drug-likeness (QED) is 0.663. The second-order valence-electron chi connectivity index (χ2n) is 6.47. The molecule has 3 aromatic heterocycles. The first-order valence-corrected chi connectivity index (χ1v) is 8.69. The summed E-state index contributed by atoms with van der Waals surface area (Å²) in [6, 6.07) is 8.98. The van der Waals surface area contributed by atoms with E-state index in [4.69, 9.17) is 4.42 Å². The van der Waals surface area contributed by atoms with E-state index in [2.05, 4.69) is 15.1 Å². The van der Waals surface area contributed by atoms with E-state index >= 15 is 0 Å². The van der Waals surface area contributed by atoms with Gasteiger partial charge in [0.25, 0.3) is 5.56 Å². The number of hydrogen-bond donors (Lipinski definition) is 0. The van der Waals surface area contributed by atoms with Crippen molar-refractivity contribution in [2.24, 2.45) is 14.1 Å². The molecule has 1 saturated heterocycles. The van der Waals surface area contributed by atoms with Crippen molar-refractivity contribution in [2.75, 3.05) is 36.0 Å². The third-order valence-corrected chi connectivity index (χ3v) is 4.85. The van der Waals surface area contributed by atoms with Crippen LogP contribution in [0.4, 0.5) is 11.6 Å². The predicted octanol–water partition coefficient (Wildman–Crippen LogP) is 0.461. The molecule has 1 fully saturated rings. The Morgan fingerprint density at radius 1 is 0.926 bits per heavy atom. The number of rotatable bonds is 3. The summed E-state index contributed by atoms with van der Waals surface area (Å²) in [5.74, 6) is 2.12. The maximum absolute atomic E-state index is 12.1. The standard InChI is InChI=1S/C18H20N6O3/c1-21-16(12-17(25)22(2)18(21)26)24-9-7-23(8-10-24)15-6-5-13(19-20-15)14-4-3-11-27-14/h3-6,11-12H,7-10H2,1-2H3. The summed E-state index contributed by atoms with van der Waals surface area (Å²) >= 11 is 0. The molecule has 140 valence electrons. The zero-order chi connectivity index (χ0) is 19.0. The van der Waals surface area contributed by atoms with Crippen molar-refractivity contribution in [2.45, 2.75) is 0 Å². The zero-order valence-corrected chi connectivity index (χ0v) is 15.2. The van der Waals surface area contributed by atoms with Crippen LogP contribution in [0.25, 0.3) is 11.5 Å². The third kappa shape index (κ3) is 3.12. The Kier molecular flexibility index (Phi) is 4.27. The van der Waals surface area contributed by atoms with Crippen molar-refractivity contribution in [3.63, 3.8) is 0 Å². The SMILES string of the molecule is Cn1c(N2CCN(c3ccc(-c4ccco4)nn3)CC2)cc(=O)n(C)c1=O. The van der Waals surface area contributed by atoms with Gasteiger partial charge in [-0.3, -0.25) is 13.9 Å². The van der Waals surface area contributed by atoms with Gasteiger partial charge in [0.15, 0.2) is 11.6 Å². The van der Waals surface area contributed by atoms with E-state index in [9.17, 15) is 9.59 Å². The lowest BCUT2D eigenvalue weighted by Crippen LogP contribution is -2.49. The van der Waals surface area contributed by atoms with Gasteiger partial charge in [-0.2, -0.15) is 0 Å². The number of hydrogen-bond acceptors (Lipinski definition) is 7. The second kappa shape index (κ2) is 6.75. The molecule has 0 aromatic carbocycles. The summed E-state index contributed by atoms with van der Waals surface area (Å²) in [6.45, 7) is 2.81. The van der Waals surface area contributed by atoms with E-state index in [0.717, 1.165) is 23.5 Å². The van der Waals surface area contributed by atoms with Crippen LogP contribution in [0.15, 0.2) is 50.6 Å². The van der Waals surface area contributed by atoms with E-state index in [1.807, 2.05) is 29.2 Å². The lowest BCUT2D eigenvalue weighted by atomic mass is 10.2. The number of furan rings is 1.